The molecule has 0 N–H and O–H groups in total. The van der Waals surface area contributed by atoms with Gasteiger partial charge in [0.05, 0.1) is 0 Å². The SMILES string of the molecule is [CH].c1ccc2cc3cc4cc5ccccc5cc4cc3cc2c1. The smallest absolute Gasteiger partial charge is 0.0171 e. The average Bonchev–Trinajstić information content (AvgIpc) is 2.56. The molecule has 0 saturated heterocycles. The van der Waals surface area contributed by atoms with Gasteiger partial charge >= 0.3 is 0 Å². The molecule has 0 amide bonds. The van der Waals surface area contributed by atoms with E-state index in [0.717, 1.165) is 0 Å². The lowest BCUT2D eigenvalue weighted by atomic mass is 9.97. The summed E-state index contributed by atoms with van der Waals surface area (Å²) >= 11 is 0. The molecule has 0 fully saturated rings. The lowest BCUT2D eigenvalue weighted by Gasteiger charge is -2.07. The number of hydrogen-bond donors (Lipinski definition) is 0. The second-order valence-corrected chi connectivity index (χ2v) is 5.95. The van der Waals surface area contributed by atoms with Crippen LogP contribution in [0.4, 0.5) is 0 Å². The van der Waals surface area contributed by atoms with Gasteiger partial charge in [-0.1, -0.05) is 48.5 Å². The van der Waals surface area contributed by atoms with Gasteiger partial charge < -0.3 is 0 Å². The number of benzene rings is 5. The van der Waals surface area contributed by atoms with E-state index in [1.807, 2.05) is 0 Å². The average molecular weight is 291 g/mol. The van der Waals surface area contributed by atoms with E-state index in [-0.39, 0.29) is 7.43 Å². The van der Waals surface area contributed by atoms with Crippen LogP contribution in [0.2, 0.25) is 0 Å². The van der Waals surface area contributed by atoms with Crippen molar-refractivity contribution >= 4 is 43.1 Å². The largest absolute Gasteiger partial charge is 0.0616 e. The fraction of sp³-hybridized carbons (Fsp3) is 0. The van der Waals surface area contributed by atoms with Crippen LogP contribution in [0.25, 0.3) is 43.1 Å². The Morgan fingerprint density at radius 2 is 0.522 bits per heavy atom. The van der Waals surface area contributed by atoms with Crippen molar-refractivity contribution in [2.75, 3.05) is 0 Å². The Kier molecular flexibility index (Phi) is 3.06. The molecule has 5 aromatic carbocycles. The Bertz CT molecular complexity index is 982. The van der Waals surface area contributed by atoms with E-state index >= 15 is 0 Å². The van der Waals surface area contributed by atoms with E-state index in [2.05, 4.69) is 84.9 Å². The van der Waals surface area contributed by atoms with Gasteiger partial charge in [-0.2, -0.15) is 0 Å². The predicted molar refractivity (Wildman–Crippen MR) is 101 cm³/mol. The fourth-order valence-corrected chi connectivity index (χ4v) is 3.39. The lowest BCUT2D eigenvalue weighted by molar-refractivity contribution is 1.78. The van der Waals surface area contributed by atoms with Crippen molar-refractivity contribution in [3.63, 3.8) is 0 Å². The highest BCUT2D eigenvalue weighted by molar-refractivity contribution is 6.08. The van der Waals surface area contributed by atoms with Crippen molar-refractivity contribution in [2.45, 2.75) is 0 Å². The van der Waals surface area contributed by atoms with Crippen LogP contribution < -0.4 is 0 Å². The van der Waals surface area contributed by atoms with Gasteiger partial charge in [0.1, 0.15) is 0 Å². The molecule has 0 bridgehead atoms. The first-order valence-corrected chi connectivity index (χ1v) is 7.62. The van der Waals surface area contributed by atoms with Crippen molar-refractivity contribution in [3.05, 3.63) is 92.4 Å². The molecule has 0 aliphatic heterocycles. The van der Waals surface area contributed by atoms with Crippen LogP contribution in [0.3, 0.4) is 0 Å². The van der Waals surface area contributed by atoms with Gasteiger partial charge in [0, 0.05) is 0 Å². The van der Waals surface area contributed by atoms with Crippen molar-refractivity contribution in [2.24, 2.45) is 0 Å². The normalized spacial score (nSPS) is 11.1. The summed E-state index contributed by atoms with van der Waals surface area (Å²) < 4.78 is 0. The second kappa shape index (κ2) is 5.10. The molecular weight excluding hydrogens is 276 g/mol. The summed E-state index contributed by atoms with van der Waals surface area (Å²) in [5, 5.41) is 10.4. The van der Waals surface area contributed by atoms with E-state index in [1.165, 1.54) is 43.1 Å². The maximum atomic E-state index is 2.31. The maximum absolute atomic E-state index is 2.31. The van der Waals surface area contributed by atoms with Crippen LogP contribution in [0.5, 0.6) is 0 Å². The minimum Gasteiger partial charge on any atom is -0.0616 e. The zero-order valence-electron chi connectivity index (χ0n) is 12.7. The highest BCUT2D eigenvalue weighted by atomic mass is 14.1. The van der Waals surface area contributed by atoms with Crippen LogP contribution in [-0.4, -0.2) is 0 Å². The summed E-state index contributed by atoms with van der Waals surface area (Å²) in [6, 6.07) is 30.9. The first-order valence-electron chi connectivity index (χ1n) is 7.62. The van der Waals surface area contributed by atoms with Gasteiger partial charge in [0.25, 0.3) is 0 Å². The molecule has 0 saturated carbocycles. The fourth-order valence-electron chi connectivity index (χ4n) is 3.39. The van der Waals surface area contributed by atoms with E-state index in [1.54, 1.807) is 0 Å². The molecule has 0 spiro atoms. The van der Waals surface area contributed by atoms with E-state index in [9.17, 15) is 0 Å². The van der Waals surface area contributed by atoms with E-state index < -0.39 is 0 Å². The molecule has 5 aromatic rings. The molecule has 0 heteroatoms. The summed E-state index contributed by atoms with van der Waals surface area (Å²) in [4.78, 5) is 0. The first kappa shape index (κ1) is 13.8. The van der Waals surface area contributed by atoms with Gasteiger partial charge in [-0.05, 0) is 86.9 Å². The van der Waals surface area contributed by atoms with Crippen LogP contribution in [0.1, 0.15) is 0 Å². The molecule has 0 aliphatic carbocycles. The number of rotatable bonds is 0. The zero-order valence-corrected chi connectivity index (χ0v) is 12.7. The molecule has 0 heterocycles. The van der Waals surface area contributed by atoms with Crippen LogP contribution in [0, 0.1) is 7.43 Å². The van der Waals surface area contributed by atoms with E-state index in [0.29, 0.717) is 0 Å². The lowest BCUT2D eigenvalue weighted by Crippen LogP contribution is -1.80. The van der Waals surface area contributed by atoms with Gasteiger partial charge in [0.2, 0.25) is 0 Å². The highest BCUT2D eigenvalue weighted by Gasteiger charge is 2.02. The summed E-state index contributed by atoms with van der Waals surface area (Å²) in [6.45, 7) is 0. The standard InChI is InChI=1S/C22H14.CH/c1-2-6-16-10-20-14-22-12-18-8-4-3-7-17(18)11-21(22)13-19(20)9-15(16)5-1;/h1-14H;1H. The Morgan fingerprint density at radius 3 is 0.783 bits per heavy atom. The molecule has 0 aliphatic rings. The van der Waals surface area contributed by atoms with Gasteiger partial charge in [-0.25, -0.2) is 0 Å². The van der Waals surface area contributed by atoms with Crippen LogP contribution >= 0.6 is 0 Å². The summed E-state index contributed by atoms with van der Waals surface area (Å²) in [5.41, 5.74) is 0. The summed E-state index contributed by atoms with van der Waals surface area (Å²) in [5.74, 6) is 0. The molecule has 0 atom stereocenters. The minimum absolute atomic E-state index is 0. The quantitative estimate of drug-likeness (QED) is 0.285. The Morgan fingerprint density at radius 1 is 0.304 bits per heavy atom. The Hall–Kier alpha value is -2.86. The Balaban J connectivity index is 0.00000135. The van der Waals surface area contributed by atoms with Crippen molar-refractivity contribution in [3.8, 4) is 0 Å². The molecule has 0 nitrogen and oxygen atoms in total. The number of fused-ring (bicyclic) bond motifs is 4. The molecule has 0 aromatic heterocycles. The molecule has 0 unspecified atom stereocenters. The Labute approximate surface area is 136 Å². The summed E-state index contributed by atoms with van der Waals surface area (Å²) in [6.07, 6.45) is 0. The number of hydrogen-bond acceptors (Lipinski definition) is 0. The summed E-state index contributed by atoms with van der Waals surface area (Å²) in [7, 11) is 0. The second-order valence-electron chi connectivity index (χ2n) is 5.95. The molecular formula is C23H15. The van der Waals surface area contributed by atoms with Crippen LogP contribution in [0.15, 0.2) is 84.9 Å². The third-order valence-corrected chi connectivity index (χ3v) is 4.52. The monoisotopic (exact) mass is 291 g/mol. The highest BCUT2D eigenvalue weighted by Crippen LogP contribution is 2.29. The van der Waals surface area contributed by atoms with E-state index in [4.69, 9.17) is 0 Å². The third-order valence-electron chi connectivity index (χ3n) is 4.52. The molecule has 5 rings (SSSR count). The first-order chi connectivity index (χ1) is 10.9. The topological polar surface area (TPSA) is 0 Å². The molecule has 23 heavy (non-hydrogen) atoms. The van der Waals surface area contributed by atoms with Crippen molar-refractivity contribution < 1.29 is 0 Å². The van der Waals surface area contributed by atoms with Gasteiger partial charge in [-0.3, -0.25) is 0 Å². The van der Waals surface area contributed by atoms with Gasteiger partial charge in [0.15, 0.2) is 0 Å². The van der Waals surface area contributed by atoms with Crippen LogP contribution in [-0.2, 0) is 0 Å². The van der Waals surface area contributed by atoms with Gasteiger partial charge in [-0.15, -0.1) is 0 Å². The zero-order chi connectivity index (χ0) is 14.5. The third kappa shape index (κ3) is 2.15. The maximum Gasteiger partial charge on any atom is -0.0171 e. The van der Waals surface area contributed by atoms with Crippen molar-refractivity contribution in [1.82, 2.24) is 0 Å². The molecule has 107 valence electrons. The predicted octanol–water partition coefficient (Wildman–Crippen LogP) is 6.50. The molecule has 3 radical (unpaired) electrons. The minimum atomic E-state index is 0. The van der Waals surface area contributed by atoms with Crippen molar-refractivity contribution in [1.29, 1.82) is 0 Å².